The summed E-state index contributed by atoms with van der Waals surface area (Å²) in [6, 6.07) is 29.9. The van der Waals surface area contributed by atoms with Gasteiger partial charge in [-0.1, -0.05) is 60.7 Å². The van der Waals surface area contributed by atoms with Gasteiger partial charge in [-0.2, -0.15) is 0 Å². The van der Waals surface area contributed by atoms with E-state index in [0.29, 0.717) is 0 Å². The van der Waals surface area contributed by atoms with Crippen LogP contribution in [0.25, 0.3) is 11.4 Å². The summed E-state index contributed by atoms with van der Waals surface area (Å²) in [4.78, 5) is 11.4. The van der Waals surface area contributed by atoms with Gasteiger partial charge in [0.15, 0.2) is 0 Å². The molecule has 1 unspecified atom stereocenters. The molecule has 34 heavy (non-hydrogen) atoms. The summed E-state index contributed by atoms with van der Waals surface area (Å²) in [5.41, 5.74) is 5.91. The van der Waals surface area contributed by atoms with Gasteiger partial charge >= 0.3 is 0 Å². The molecule has 1 aliphatic rings. The molecule has 0 amide bonds. The Bertz CT molecular complexity index is 1140. The number of nitrogens with one attached hydrogen (secondary N) is 2. The monoisotopic (exact) mass is 452 g/mol. The molecule has 1 atom stereocenters. The number of rotatable bonds is 7. The molecule has 5 nitrogen and oxygen atoms in total. The Morgan fingerprint density at radius 3 is 1.97 bits per heavy atom. The van der Waals surface area contributed by atoms with Gasteiger partial charge < -0.3 is 15.0 Å². The summed E-state index contributed by atoms with van der Waals surface area (Å²) >= 11 is 0. The highest BCUT2D eigenvalue weighted by molar-refractivity contribution is 5.57. The number of piperazine rings is 1. The highest BCUT2D eigenvalue weighted by Gasteiger charge is 2.35. The molecule has 5 heteroatoms. The predicted molar refractivity (Wildman–Crippen MR) is 137 cm³/mol. The maximum Gasteiger partial charge on any atom is 0.137 e. The molecule has 0 spiro atoms. The number of methoxy groups -OCH3 is 1. The third-order valence-electron chi connectivity index (χ3n) is 6.74. The molecule has 1 saturated heterocycles. The van der Waals surface area contributed by atoms with Crippen molar-refractivity contribution >= 4 is 0 Å². The molecule has 0 radical (unpaired) electrons. The number of aromatic nitrogens is 2. The first-order chi connectivity index (χ1) is 16.7. The van der Waals surface area contributed by atoms with E-state index >= 15 is 0 Å². The van der Waals surface area contributed by atoms with Gasteiger partial charge in [0.05, 0.1) is 18.8 Å². The van der Waals surface area contributed by atoms with Gasteiger partial charge in [0.1, 0.15) is 11.6 Å². The second-order valence-electron chi connectivity index (χ2n) is 8.85. The van der Waals surface area contributed by atoms with E-state index in [4.69, 9.17) is 9.72 Å². The zero-order valence-corrected chi connectivity index (χ0v) is 19.9. The zero-order chi connectivity index (χ0) is 23.3. The van der Waals surface area contributed by atoms with Gasteiger partial charge in [-0.25, -0.2) is 4.98 Å². The largest absolute Gasteiger partial charge is 0.497 e. The fourth-order valence-electron chi connectivity index (χ4n) is 5.03. The van der Waals surface area contributed by atoms with Crippen molar-refractivity contribution in [1.82, 2.24) is 20.2 Å². The SMILES string of the molecule is COc1ccc(-c2nc(C(C(c3ccccc3)c3ccccc3)N3CCNCC3)c(C)[nH]2)cc1. The third-order valence-corrected chi connectivity index (χ3v) is 6.74. The highest BCUT2D eigenvalue weighted by atomic mass is 16.5. The first-order valence-electron chi connectivity index (χ1n) is 12.0. The van der Waals surface area contributed by atoms with Gasteiger partial charge in [-0.3, -0.25) is 4.90 Å². The van der Waals surface area contributed by atoms with Crippen molar-refractivity contribution in [3.63, 3.8) is 0 Å². The standard InChI is InChI=1S/C29H32N4O/c1-21-27(32-29(31-21)24-13-15-25(34-2)16-14-24)28(33-19-17-30-18-20-33)26(22-9-5-3-6-10-22)23-11-7-4-8-12-23/h3-16,26,28,30H,17-20H2,1-2H3,(H,31,32). The van der Waals surface area contributed by atoms with Crippen LogP contribution in [0.5, 0.6) is 5.75 Å². The molecule has 0 bridgehead atoms. The van der Waals surface area contributed by atoms with Crippen molar-refractivity contribution in [2.45, 2.75) is 18.9 Å². The summed E-state index contributed by atoms with van der Waals surface area (Å²) in [6.45, 7) is 6.11. The number of ether oxygens (including phenoxy) is 1. The Hall–Kier alpha value is -3.41. The number of hydrogen-bond acceptors (Lipinski definition) is 4. The topological polar surface area (TPSA) is 53.2 Å². The Kier molecular flexibility index (Phi) is 6.74. The van der Waals surface area contributed by atoms with Crippen LogP contribution < -0.4 is 10.1 Å². The zero-order valence-electron chi connectivity index (χ0n) is 19.9. The lowest BCUT2D eigenvalue weighted by atomic mass is 9.82. The van der Waals surface area contributed by atoms with E-state index < -0.39 is 0 Å². The minimum Gasteiger partial charge on any atom is -0.497 e. The van der Waals surface area contributed by atoms with Crippen molar-refractivity contribution in [2.75, 3.05) is 33.3 Å². The van der Waals surface area contributed by atoms with Gasteiger partial charge in [-0.05, 0) is 42.3 Å². The predicted octanol–water partition coefficient (Wildman–Crippen LogP) is 5.17. The molecule has 2 heterocycles. The molecule has 1 fully saturated rings. The van der Waals surface area contributed by atoms with Crippen molar-refractivity contribution in [3.05, 3.63) is 107 Å². The lowest BCUT2D eigenvalue weighted by Crippen LogP contribution is -2.47. The lowest BCUT2D eigenvalue weighted by Gasteiger charge is -2.39. The fourth-order valence-corrected chi connectivity index (χ4v) is 5.03. The number of aryl methyl sites for hydroxylation is 1. The van der Waals surface area contributed by atoms with Crippen LogP contribution in [0.1, 0.15) is 34.5 Å². The Morgan fingerprint density at radius 2 is 1.41 bits per heavy atom. The Balaban J connectivity index is 1.63. The summed E-state index contributed by atoms with van der Waals surface area (Å²) in [5, 5.41) is 3.51. The molecule has 1 aliphatic heterocycles. The van der Waals surface area contributed by atoms with E-state index in [1.807, 2.05) is 12.1 Å². The van der Waals surface area contributed by atoms with E-state index in [9.17, 15) is 0 Å². The first kappa shape index (κ1) is 22.4. The average Bonchev–Trinajstić information content (AvgIpc) is 3.29. The summed E-state index contributed by atoms with van der Waals surface area (Å²) in [5.74, 6) is 1.92. The van der Waals surface area contributed by atoms with Crippen molar-refractivity contribution in [3.8, 4) is 17.1 Å². The third kappa shape index (κ3) is 4.63. The van der Waals surface area contributed by atoms with Gasteiger partial charge in [0, 0.05) is 43.4 Å². The number of nitrogens with zero attached hydrogens (tertiary/aromatic N) is 2. The van der Waals surface area contributed by atoms with E-state index in [2.05, 4.69) is 94.9 Å². The minimum absolute atomic E-state index is 0.121. The molecular formula is C29H32N4O. The smallest absolute Gasteiger partial charge is 0.137 e. The van der Waals surface area contributed by atoms with E-state index in [1.165, 1.54) is 11.1 Å². The van der Waals surface area contributed by atoms with Crippen LogP contribution in [-0.2, 0) is 0 Å². The van der Waals surface area contributed by atoms with Crippen LogP contribution in [0.2, 0.25) is 0 Å². The number of imidazole rings is 1. The van der Waals surface area contributed by atoms with Crippen molar-refractivity contribution in [1.29, 1.82) is 0 Å². The minimum atomic E-state index is 0.121. The van der Waals surface area contributed by atoms with Crippen LogP contribution in [0.3, 0.4) is 0 Å². The Morgan fingerprint density at radius 1 is 0.824 bits per heavy atom. The van der Waals surface area contributed by atoms with Gasteiger partial charge in [0.25, 0.3) is 0 Å². The molecule has 0 saturated carbocycles. The van der Waals surface area contributed by atoms with E-state index in [-0.39, 0.29) is 12.0 Å². The normalized spacial score (nSPS) is 15.4. The lowest BCUT2D eigenvalue weighted by molar-refractivity contribution is 0.156. The fraction of sp³-hybridized carbons (Fsp3) is 0.276. The quantitative estimate of drug-likeness (QED) is 0.406. The Labute approximate surface area is 201 Å². The molecule has 3 aromatic carbocycles. The maximum absolute atomic E-state index is 5.34. The summed E-state index contributed by atoms with van der Waals surface area (Å²) in [6.07, 6.45) is 0. The van der Waals surface area contributed by atoms with Crippen LogP contribution in [0.4, 0.5) is 0 Å². The molecule has 4 aromatic rings. The molecule has 5 rings (SSSR count). The van der Waals surface area contributed by atoms with E-state index in [0.717, 1.165) is 54.7 Å². The summed E-state index contributed by atoms with van der Waals surface area (Å²) < 4.78 is 5.34. The van der Waals surface area contributed by atoms with Crippen LogP contribution in [0, 0.1) is 6.92 Å². The number of H-pyrrole nitrogens is 1. The number of aromatic amines is 1. The first-order valence-corrected chi connectivity index (χ1v) is 12.0. The van der Waals surface area contributed by atoms with E-state index in [1.54, 1.807) is 7.11 Å². The second kappa shape index (κ2) is 10.2. The summed E-state index contributed by atoms with van der Waals surface area (Å²) in [7, 11) is 1.69. The highest BCUT2D eigenvalue weighted by Crippen LogP contribution is 2.42. The van der Waals surface area contributed by atoms with Gasteiger partial charge in [-0.15, -0.1) is 0 Å². The van der Waals surface area contributed by atoms with Crippen LogP contribution in [-0.4, -0.2) is 48.2 Å². The molecular weight excluding hydrogens is 420 g/mol. The second-order valence-corrected chi connectivity index (χ2v) is 8.85. The number of hydrogen-bond donors (Lipinski definition) is 2. The molecule has 1 aromatic heterocycles. The molecule has 0 aliphatic carbocycles. The maximum atomic E-state index is 5.34. The molecule has 174 valence electrons. The van der Waals surface area contributed by atoms with Crippen molar-refractivity contribution in [2.24, 2.45) is 0 Å². The average molecular weight is 453 g/mol. The van der Waals surface area contributed by atoms with Crippen molar-refractivity contribution < 1.29 is 4.74 Å². The van der Waals surface area contributed by atoms with Crippen LogP contribution >= 0.6 is 0 Å². The molecule has 2 N–H and O–H groups in total. The van der Waals surface area contributed by atoms with Gasteiger partial charge in [0.2, 0.25) is 0 Å². The van der Waals surface area contributed by atoms with Crippen LogP contribution in [0.15, 0.2) is 84.9 Å². The number of benzene rings is 3.